The smallest absolute Gasteiger partial charge is 0.125 e. The topological polar surface area (TPSA) is 18.5 Å². The van der Waals surface area contributed by atoms with Gasteiger partial charge in [0, 0.05) is 0 Å². The van der Waals surface area contributed by atoms with Crippen molar-refractivity contribution in [2.45, 2.75) is 20.3 Å². The summed E-state index contributed by atoms with van der Waals surface area (Å²) >= 11 is 0. The van der Waals surface area contributed by atoms with Crippen LogP contribution in [-0.2, 0) is 9.78 Å². The Labute approximate surface area is 50.0 Å². The molecular formula is C6H12O2. The highest BCUT2D eigenvalue weighted by Crippen LogP contribution is 1.82. The van der Waals surface area contributed by atoms with Crippen molar-refractivity contribution in [3.05, 3.63) is 12.3 Å². The zero-order valence-electron chi connectivity index (χ0n) is 5.39. The molecule has 0 heterocycles. The van der Waals surface area contributed by atoms with E-state index in [9.17, 15) is 0 Å². The molecule has 0 aliphatic heterocycles. The third-order valence-corrected chi connectivity index (χ3v) is 0.547. The van der Waals surface area contributed by atoms with Gasteiger partial charge in [0.1, 0.15) is 6.26 Å². The van der Waals surface area contributed by atoms with E-state index in [2.05, 4.69) is 9.78 Å². The second-order valence-electron chi connectivity index (χ2n) is 1.39. The summed E-state index contributed by atoms with van der Waals surface area (Å²) < 4.78 is 0. The lowest BCUT2D eigenvalue weighted by Crippen LogP contribution is -1.87. The van der Waals surface area contributed by atoms with Crippen LogP contribution in [0.4, 0.5) is 0 Å². The molecule has 0 aromatic rings. The van der Waals surface area contributed by atoms with Crippen molar-refractivity contribution in [2.24, 2.45) is 0 Å². The van der Waals surface area contributed by atoms with E-state index in [0.29, 0.717) is 6.61 Å². The molecule has 48 valence electrons. The summed E-state index contributed by atoms with van der Waals surface area (Å²) in [7, 11) is 0. The second kappa shape index (κ2) is 6.50. The van der Waals surface area contributed by atoms with Crippen LogP contribution in [0.2, 0.25) is 0 Å². The summed E-state index contributed by atoms with van der Waals surface area (Å²) in [4.78, 5) is 9.18. The van der Waals surface area contributed by atoms with Crippen LogP contribution >= 0.6 is 0 Å². The van der Waals surface area contributed by atoms with Crippen molar-refractivity contribution >= 4 is 0 Å². The van der Waals surface area contributed by atoms with Gasteiger partial charge < -0.3 is 4.89 Å². The highest BCUT2D eigenvalue weighted by molar-refractivity contribution is 4.62. The Balaban J connectivity index is 2.72. The fourth-order valence-electron chi connectivity index (χ4n) is 0.226. The lowest BCUT2D eigenvalue weighted by molar-refractivity contribution is -0.248. The summed E-state index contributed by atoms with van der Waals surface area (Å²) in [5.41, 5.74) is 0. The standard InChI is InChI=1S/C6H12O2/c1-3-5-7-8-6-4-2/h3,5H,4,6H2,1-2H3. The first kappa shape index (κ1) is 7.50. The average Bonchev–Trinajstić information content (AvgIpc) is 1.81. The summed E-state index contributed by atoms with van der Waals surface area (Å²) in [5.74, 6) is 0. The Morgan fingerprint density at radius 2 is 2.25 bits per heavy atom. The van der Waals surface area contributed by atoms with Gasteiger partial charge in [-0.3, -0.25) is 0 Å². The molecule has 0 aliphatic carbocycles. The minimum atomic E-state index is 0.657. The molecule has 2 heteroatoms. The maximum absolute atomic E-state index is 4.64. The third-order valence-electron chi connectivity index (χ3n) is 0.547. The van der Waals surface area contributed by atoms with Crippen LogP contribution in [0.25, 0.3) is 0 Å². The molecule has 0 spiro atoms. The van der Waals surface area contributed by atoms with Crippen molar-refractivity contribution in [3.8, 4) is 0 Å². The van der Waals surface area contributed by atoms with E-state index in [1.807, 2.05) is 13.8 Å². The van der Waals surface area contributed by atoms with Gasteiger partial charge in [-0.15, -0.1) is 0 Å². The van der Waals surface area contributed by atoms with E-state index >= 15 is 0 Å². The molecule has 0 unspecified atom stereocenters. The highest BCUT2D eigenvalue weighted by Gasteiger charge is 1.76. The molecule has 0 aliphatic rings. The van der Waals surface area contributed by atoms with Gasteiger partial charge >= 0.3 is 0 Å². The maximum atomic E-state index is 4.64. The molecule has 0 fully saturated rings. The molecule has 8 heavy (non-hydrogen) atoms. The Hall–Kier alpha value is -0.500. The van der Waals surface area contributed by atoms with Crippen LogP contribution in [0.1, 0.15) is 20.3 Å². The second-order valence-corrected chi connectivity index (χ2v) is 1.39. The zero-order chi connectivity index (χ0) is 6.24. The lowest BCUT2D eigenvalue weighted by atomic mass is 10.5. The van der Waals surface area contributed by atoms with E-state index in [4.69, 9.17) is 0 Å². The summed E-state index contributed by atoms with van der Waals surface area (Å²) in [6.45, 7) is 4.55. The van der Waals surface area contributed by atoms with Crippen LogP contribution < -0.4 is 0 Å². The first-order valence-electron chi connectivity index (χ1n) is 2.81. The van der Waals surface area contributed by atoms with E-state index in [1.54, 1.807) is 6.08 Å². The van der Waals surface area contributed by atoms with E-state index in [0.717, 1.165) is 6.42 Å². The van der Waals surface area contributed by atoms with Crippen molar-refractivity contribution in [1.82, 2.24) is 0 Å². The summed E-state index contributed by atoms with van der Waals surface area (Å²) in [6.07, 6.45) is 4.27. The zero-order valence-corrected chi connectivity index (χ0v) is 5.39. The Bertz CT molecular complexity index is 59.5. The van der Waals surface area contributed by atoms with Crippen LogP contribution in [0, 0.1) is 0 Å². The van der Waals surface area contributed by atoms with E-state index in [-0.39, 0.29) is 0 Å². The van der Waals surface area contributed by atoms with Gasteiger partial charge in [-0.05, 0) is 19.4 Å². The van der Waals surface area contributed by atoms with Crippen molar-refractivity contribution in [3.63, 3.8) is 0 Å². The van der Waals surface area contributed by atoms with Gasteiger partial charge in [-0.2, -0.15) is 4.89 Å². The Morgan fingerprint density at radius 3 is 2.75 bits per heavy atom. The molecule has 0 radical (unpaired) electrons. The molecule has 0 aromatic carbocycles. The van der Waals surface area contributed by atoms with Crippen molar-refractivity contribution in [1.29, 1.82) is 0 Å². The number of allylic oxidation sites excluding steroid dienone is 1. The fourth-order valence-corrected chi connectivity index (χ4v) is 0.226. The van der Waals surface area contributed by atoms with Crippen LogP contribution in [-0.4, -0.2) is 6.61 Å². The minimum absolute atomic E-state index is 0.657. The Morgan fingerprint density at radius 1 is 1.50 bits per heavy atom. The first-order chi connectivity index (χ1) is 3.91. The quantitative estimate of drug-likeness (QED) is 0.241. The molecule has 0 aromatic heterocycles. The van der Waals surface area contributed by atoms with Crippen LogP contribution in [0.3, 0.4) is 0 Å². The monoisotopic (exact) mass is 116 g/mol. The molecule has 0 saturated carbocycles. The van der Waals surface area contributed by atoms with Gasteiger partial charge in [0.25, 0.3) is 0 Å². The van der Waals surface area contributed by atoms with Gasteiger partial charge in [0.15, 0.2) is 0 Å². The molecular weight excluding hydrogens is 104 g/mol. The SMILES string of the molecule is CC=COOCCC. The summed E-state index contributed by atoms with van der Waals surface area (Å²) in [6, 6.07) is 0. The molecule has 2 nitrogen and oxygen atoms in total. The molecule has 0 amide bonds. The van der Waals surface area contributed by atoms with Gasteiger partial charge in [-0.25, -0.2) is 0 Å². The van der Waals surface area contributed by atoms with E-state index in [1.165, 1.54) is 6.26 Å². The van der Waals surface area contributed by atoms with E-state index < -0.39 is 0 Å². The lowest BCUT2D eigenvalue weighted by Gasteiger charge is -1.94. The van der Waals surface area contributed by atoms with Crippen molar-refractivity contribution in [2.75, 3.05) is 6.61 Å². The highest BCUT2D eigenvalue weighted by atomic mass is 17.2. The normalized spacial score (nSPS) is 10.2. The minimum Gasteiger partial charge on any atom is -0.346 e. The van der Waals surface area contributed by atoms with Gasteiger partial charge in [0.05, 0.1) is 6.61 Å². The predicted molar refractivity (Wildman–Crippen MR) is 32.1 cm³/mol. The average molecular weight is 116 g/mol. The number of hydrogen-bond acceptors (Lipinski definition) is 2. The summed E-state index contributed by atoms with van der Waals surface area (Å²) in [5, 5.41) is 0. The Kier molecular flexibility index (Phi) is 6.09. The number of hydrogen-bond donors (Lipinski definition) is 0. The molecule has 0 saturated heterocycles. The fraction of sp³-hybridized carbons (Fsp3) is 0.667. The van der Waals surface area contributed by atoms with Crippen LogP contribution in [0.5, 0.6) is 0 Å². The molecule has 0 atom stereocenters. The largest absolute Gasteiger partial charge is 0.346 e. The maximum Gasteiger partial charge on any atom is 0.125 e. The first-order valence-corrected chi connectivity index (χ1v) is 2.81. The van der Waals surface area contributed by atoms with Gasteiger partial charge in [0.2, 0.25) is 0 Å². The molecule has 0 N–H and O–H groups in total. The molecule has 0 bridgehead atoms. The number of rotatable bonds is 4. The predicted octanol–water partition coefficient (Wildman–Crippen LogP) is 1.88. The third kappa shape index (κ3) is 5.50. The van der Waals surface area contributed by atoms with Crippen LogP contribution in [0.15, 0.2) is 12.3 Å². The molecule has 0 rings (SSSR count). The van der Waals surface area contributed by atoms with Gasteiger partial charge in [-0.1, -0.05) is 6.92 Å². The van der Waals surface area contributed by atoms with Crippen molar-refractivity contribution < 1.29 is 9.78 Å².